The molecule has 1 saturated heterocycles. The summed E-state index contributed by atoms with van der Waals surface area (Å²) in [6, 6.07) is 0. The van der Waals surface area contributed by atoms with Gasteiger partial charge in [-0.3, -0.25) is 9.59 Å². The van der Waals surface area contributed by atoms with Crippen molar-refractivity contribution in [3.8, 4) is 0 Å². The van der Waals surface area contributed by atoms with Crippen LogP contribution in [0.4, 0.5) is 5.95 Å². The molecule has 2 aromatic rings. The van der Waals surface area contributed by atoms with Gasteiger partial charge in [0.2, 0.25) is 5.95 Å². The Morgan fingerprint density at radius 3 is 2.39 bits per heavy atom. The van der Waals surface area contributed by atoms with Gasteiger partial charge in [-0.2, -0.15) is 0 Å². The van der Waals surface area contributed by atoms with Crippen molar-refractivity contribution >= 4 is 29.1 Å². The first-order chi connectivity index (χ1) is 13.5. The molecule has 2 aromatic heterocycles. The quantitative estimate of drug-likeness (QED) is 0.848. The molecule has 28 heavy (non-hydrogen) atoms. The van der Waals surface area contributed by atoms with Gasteiger partial charge in [0.1, 0.15) is 10.6 Å². The van der Waals surface area contributed by atoms with Crippen molar-refractivity contribution in [2.75, 3.05) is 32.0 Å². The average Bonchev–Trinajstić information content (AvgIpc) is 3.35. The maximum Gasteiger partial charge on any atom is 0.273 e. The van der Waals surface area contributed by atoms with E-state index in [1.807, 2.05) is 18.7 Å². The molecule has 9 heteroatoms. The van der Waals surface area contributed by atoms with Crippen LogP contribution in [-0.4, -0.2) is 63.2 Å². The van der Waals surface area contributed by atoms with Crippen LogP contribution in [-0.2, 0) is 13.0 Å². The predicted octanol–water partition coefficient (Wildman–Crippen LogP) is 2.03. The number of nitrogens with zero attached hydrogens (tertiary/aromatic N) is 5. The molecule has 0 unspecified atom stereocenters. The summed E-state index contributed by atoms with van der Waals surface area (Å²) in [5.41, 5.74) is 2.80. The highest BCUT2D eigenvalue weighted by atomic mass is 32.1. The number of hydrogen-bond donors (Lipinski definition) is 1. The van der Waals surface area contributed by atoms with Crippen molar-refractivity contribution in [3.05, 3.63) is 32.5 Å². The fraction of sp³-hybridized carbons (Fsp3) is 0.526. The zero-order valence-corrected chi connectivity index (χ0v) is 17.2. The van der Waals surface area contributed by atoms with Gasteiger partial charge in [-0.25, -0.2) is 15.0 Å². The molecule has 148 valence electrons. The summed E-state index contributed by atoms with van der Waals surface area (Å²) in [5.74, 6) is 0.354. The van der Waals surface area contributed by atoms with Crippen molar-refractivity contribution in [3.63, 3.8) is 0 Å². The number of carbonyl (C=O) groups excluding carboxylic acids is 2. The zero-order valence-electron chi connectivity index (χ0n) is 16.4. The number of likely N-dealkylation sites (tertiary alicyclic amines) is 1. The molecule has 0 spiro atoms. The SMILES string of the molecule is CNc1nc2c(c(C(=O)N3CCCC3)n1)CN(C(=O)c1sc(C)nc1C)CC2. The number of amides is 2. The lowest BCUT2D eigenvalue weighted by atomic mass is 10.0. The minimum absolute atomic E-state index is 0.0361. The van der Waals surface area contributed by atoms with E-state index in [-0.39, 0.29) is 11.8 Å². The molecule has 2 aliphatic rings. The van der Waals surface area contributed by atoms with E-state index in [0.717, 1.165) is 47.9 Å². The van der Waals surface area contributed by atoms with Crippen molar-refractivity contribution in [2.45, 2.75) is 39.7 Å². The van der Waals surface area contributed by atoms with Crippen LogP contribution >= 0.6 is 11.3 Å². The smallest absolute Gasteiger partial charge is 0.273 e. The summed E-state index contributed by atoms with van der Waals surface area (Å²) in [4.78, 5) is 43.8. The summed E-state index contributed by atoms with van der Waals surface area (Å²) in [6.07, 6.45) is 2.65. The van der Waals surface area contributed by atoms with Crippen molar-refractivity contribution in [1.29, 1.82) is 0 Å². The molecule has 0 aromatic carbocycles. The van der Waals surface area contributed by atoms with Gasteiger partial charge in [-0.1, -0.05) is 0 Å². The number of aromatic nitrogens is 3. The zero-order chi connectivity index (χ0) is 19.8. The Hall–Kier alpha value is -2.55. The second-order valence-corrected chi connectivity index (χ2v) is 8.40. The molecule has 8 nitrogen and oxygen atoms in total. The van der Waals surface area contributed by atoms with Gasteiger partial charge in [0, 0.05) is 38.7 Å². The lowest BCUT2D eigenvalue weighted by molar-refractivity contribution is 0.0722. The molecule has 0 saturated carbocycles. The van der Waals surface area contributed by atoms with Crippen LogP contribution in [0.15, 0.2) is 0 Å². The Morgan fingerprint density at radius 2 is 1.75 bits per heavy atom. The van der Waals surface area contributed by atoms with Crippen LogP contribution in [0.5, 0.6) is 0 Å². The Kier molecular flexibility index (Phi) is 5.01. The molecule has 4 heterocycles. The first-order valence-corrected chi connectivity index (χ1v) is 10.4. The van der Waals surface area contributed by atoms with Gasteiger partial charge in [-0.15, -0.1) is 11.3 Å². The normalized spacial score (nSPS) is 16.2. The summed E-state index contributed by atoms with van der Waals surface area (Å²) < 4.78 is 0. The summed E-state index contributed by atoms with van der Waals surface area (Å²) in [6.45, 7) is 6.20. The summed E-state index contributed by atoms with van der Waals surface area (Å²) in [7, 11) is 1.75. The third kappa shape index (κ3) is 3.34. The molecule has 0 atom stereocenters. The minimum atomic E-state index is -0.0632. The van der Waals surface area contributed by atoms with Crippen LogP contribution < -0.4 is 5.32 Å². The maximum absolute atomic E-state index is 13.1. The van der Waals surface area contributed by atoms with E-state index in [4.69, 9.17) is 0 Å². The number of rotatable bonds is 3. The average molecular weight is 401 g/mol. The van der Waals surface area contributed by atoms with Crippen molar-refractivity contribution in [1.82, 2.24) is 24.8 Å². The van der Waals surface area contributed by atoms with Crippen molar-refractivity contribution in [2.24, 2.45) is 0 Å². The van der Waals surface area contributed by atoms with E-state index in [0.29, 0.717) is 36.0 Å². The van der Waals surface area contributed by atoms with Crippen LogP contribution in [0.1, 0.15) is 55.0 Å². The van der Waals surface area contributed by atoms with Crippen LogP contribution in [0, 0.1) is 13.8 Å². The fourth-order valence-corrected chi connectivity index (χ4v) is 4.71. The third-order valence-corrected chi connectivity index (χ3v) is 6.33. The number of carbonyl (C=O) groups is 2. The van der Waals surface area contributed by atoms with Gasteiger partial charge >= 0.3 is 0 Å². The van der Waals surface area contributed by atoms with E-state index < -0.39 is 0 Å². The molecular formula is C19H24N6O2S. The number of hydrogen-bond acceptors (Lipinski definition) is 7. The van der Waals surface area contributed by atoms with Gasteiger partial charge in [-0.05, 0) is 26.7 Å². The van der Waals surface area contributed by atoms with Gasteiger partial charge < -0.3 is 15.1 Å². The van der Waals surface area contributed by atoms with E-state index in [9.17, 15) is 9.59 Å². The fourth-order valence-electron chi connectivity index (χ4n) is 3.82. The Bertz CT molecular complexity index is 935. The molecule has 0 radical (unpaired) electrons. The number of nitrogens with one attached hydrogen (secondary N) is 1. The molecular weight excluding hydrogens is 376 g/mol. The first-order valence-electron chi connectivity index (χ1n) is 9.58. The topological polar surface area (TPSA) is 91.3 Å². The first kappa shape index (κ1) is 18.8. The molecule has 0 bridgehead atoms. The molecule has 2 amide bonds. The van der Waals surface area contributed by atoms with E-state index >= 15 is 0 Å². The predicted molar refractivity (Wildman–Crippen MR) is 107 cm³/mol. The van der Waals surface area contributed by atoms with Crippen LogP contribution in [0.2, 0.25) is 0 Å². The molecule has 1 N–H and O–H groups in total. The lowest BCUT2D eigenvalue weighted by Crippen LogP contribution is -2.39. The Balaban J connectivity index is 1.67. The molecule has 0 aliphatic carbocycles. The Labute approximate surface area is 168 Å². The molecule has 4 rings (SSSR count). The van der Waals surface area contributed by atoms with Gasteiger partial charge in [0.25, 0.3) is 11.8 Å². The van der Waals surface area contributed by atoms with Gasteiger partial charge in [0.05, 0.1) is 22.9 Å². The van der Waals surface area contributed by atoms with E-state index in [2.05, 4.69) is 20.3 Å². The van der Waals surface area contributed by atoms with Crippen LogP contribution in [0.25, 0.3) is 0 Å². The number of anilines is 1. The van der Waals surface area contributed by atoms with E-state index in [1.165, 1.54) is 11.3 Å². The second-order valence-electron chi connectivity index (χ2n) is 7.19. The monoisotopic (exact) mass is 400 g/mol. The van der Waals surface area contributed by atoms with Crippen LogP contribution in [0.3, 0.4) is 0 Å². The van der Waals surface area contributed by atoms with Gasteiger partial charge in [0.15, 0.2) is 0 Å². The molecule has 1 fully saturated rings. The summed E-state index contributed by atoms with van der Waals surface area (Å²) in [5, 5.41) is 3.83. The second kappa shape index (κ2) is 7.46. The highest BCUT2D eigenvalue weighted by Crippen LogP contribution is 2.27. The van der Waals surface area contributed by atoms with Crippen molar-refractivity contribution < 1.29 is 9.59 Å². The highest BCUT2D eigenvalue weighted by Gasteiger charge is 2.32. The number of fused-ring (bicyclic) bond motifs is 1. The maximum atomic E-state index is 13.1. The number of thiazole rings is 1. The third-order valence-electron chi connectivity index (χ3n) is 5.26. The Morgan fingerprint density at radius 1 is 1.00 bits per heavy atom. The summed E-state index contributed by atoms with van der Waals surface area (Å²) >= 11 is 1.42. The molecule has 2 aliphatic heterocycles. The minimum Gasteiger partial charge on any atom is -0.357 e. The lowest BCUT2D eigenvalue weighted by Gasteiger charge is -2.30. The van der Waals surface area contributed by atoms with E-state index in [1.54, 1.807) is 11.9 Å². The number of aryl methyl sites for hydroxylation is 2. The highest BCUT2D eigenvalue weighted by molar-refractivity contribution is 7.13. The standard InChI is InChI=1S/C19H24N6O2S/c1-11-16(28-12(2)21-11)18(27)25-9-6-14-13(10-25)15(23-19(20-3)22-14)17(26)24-7-4-5-8-24/h4-10H2,1-3H3,(H,20,22,23). The largest absolute Gasteiger partial charge is 0.357 e.